The smallest absolute Gasteiger partial charge is 0.272 e. The zero-order valence-electron chi connectivity index (χ0n) is 17.5. The van der Waals surface area contributed by atoms with Gasteiger partial charge in [-0.3, -0.25) is 9.63 Å². The summed E-state index contributed by atoms with van der Waals surface area (Å²) >= 11 is 0. The molecule has 6 nitrogen and oxygen atoms in total. The highest BCUT2D eigenvalue weighted by Gasteiger charge is 2.34. The van der Waals surface area contributed by atoms with Gasteiger partial charge in [-0.05, 0) is 42.7 Å². The number of rotatable bonds is 6. The highest BCUT2D eigenvalue weighted by atomic mass is 32.2. The summed E-state index contributed by atoms with van der Waals surface area (Å²) in [5.41, 5.74) is 0.337. The molecule has 0 radical (unpaired) electrons. The number of carbonyl (C=O) groups is 1. The number of nitrogens with one attached hydrogen (secondary N) is 1. The molecule has 3 rings (SSSR count). The van der Waals surface area contributed by atoms with Crippen LogP contribution in [0.3, 0.4) is 0 Å². The van der Waals surface area contributed by atoms with E-state index in [1.54, 1.807) is 0 Å². The first-order valence-corrected chi connectivity index (χ1v) is 11.5. The maximum atomic E-state index is 12.9. The van der Waals surface area contributed by atoms with Crippen LogP contribution >= 0.6 is 0 Å². The van der Waals surface area contributed by atoms with E-state index in [2.05, 4.69) is 5.48 Å². The van der Waals surface area contributed by atoms with Crippen molar-refractivity contribution in [3.63, 3.8) is 0 Å². The van der Waals surface area contributed by atoms with Crippen molar-refractivity contribution in [1.82, 2.24) is 9.79 Å². The largest absolute Gasteiger partial charge is 0.416 e. The topological polar surface area (TPSA) is 75.7 Å². The van der Waals surface area contributed by atoms with Crippen LogP contribution in [-0.4, -0.2) is 37.8 Å². The number of nitrogens with zero attached hydrogens (tertiary/aromatic N) is 1. The van der Waals surface area contributed by atoms with Crippen LogP contribution in [0.2, 0.25) is 0 Å². The Morgan fingerprint density at radius 2 is 1.50 bits per heavy atom. The van der Waals surface area contributed by atoms with Gasteiger partial charge >= 0.3 is 12.4 Å². The first-order valence-electron chi connectivity index (χ1n) is 10.0. The minimum atomic E-state index is -4.68. The Morgan fingerprint density at radius 1 is 0.941 bits per heavy atom. The summed E-state index contributed by atoms with van der Waals surface area (Å²) in [7, 11) is -4.16. The van der Waals surface area contributed by atoms with Crippen molar-refractivity contribution in [3.05, 3.63) is 65.2 Å². The van der Waals surface area contributed by atoms with E-state index in [9.17, 15) is 39.6 Å². The van der Waals surface area contributed by atoms with Gasteiger partial charge in [0.1, 0.15) is 0 Å². The molecule has 1 amide bonds. The average molecular weight is 510 g/mol. The number of hydrogen-bond donors (Lipinski definition) is 1. The van der Waals surface area contributed by atoms with Gasteiger partial charge in [-0.25, -0.2) is 13.9 Å². The van der Waals surface area contributed by atoms with Gasteiger partial charge in [0.05, 0.1) is 28.5 Å². The molecule has 0 spiro atoms. The van der Waals surface area contributed by atoms with Gasteiger partial charge in [0.2, 0.25) is 15.9 Å². The van der Waals surface area contributed by atoms with Crippen molar-refractivity contribution in [3.8, 4) is 0 Å². The number of amides is 1. The fourth-order valence-corrected chi connectivity index (χ4v) is 4.92. The first-order chi connectivity index (χ1) is 15.8. The Hall–Kier alpha value is -2.64. The molecular weight excluding hydrogens is 490 g/mol. The normalized spacial score (nSPS) is 16.4. The van der Waals surface area contributed by atoms with Crippen LogP contribution < -0.4 is 5.48 Å². The second-order valence-corrected chi connectivity index (χ2v) is 9.58. The van der Waals surface area contributed by atoms with E-state index < -0.39 is 50.4 Å². The number of piperidine rings is 1. The molecule has 1 fully saturated rings. The number of sulfonamides is 1. The summed E-state index contributed by atoms with van der Waals surface area (Å²) in [6.07, 6.45) is -9.83. The summed E-state index contributed by atoms with van der Waals surface area (Å²) < 4.78 is 103. The molecule has 0 saturated carbocycles. The maximum absolute atomic E-state index is 12.9. The summed E-state index contributed by atoms with van der Waals surface area (Å²) in [5.74, 6) is -0.682. The van der Waals surface area contributed by atoms with E-state index in [1.807, 2.05) is 0 Å². The van der Waals surface area contributed by atoms with Crippen molar-refractivity contribution in [2.24, 2.45) is 0 Å². The monoisotopic (exact) mass is 510 g/mol. The SMILES string of the molecule is O=C(Cc1cccc(C(F)(F)F)c1)NOC1CCN(S(=O)(=O)c2cccc(C(F)(F)F)c2)CC1. The van der Waals surface area contributed by atoms with Gasteiger partial charge in [-0.15, -0.1) is 0 Å². The third-order valence-corrected chi connectivity index (χ3v) is 7.05. The lowest BCUT2D eigenvalue weighted by atomic mass is 10.1. The Labute approximate surface area is 191 Å². The fourth-order valence-electron chi connectivity index (χ4n) is 3.40. The minimum absolute atomic E-state index is 0.0489. The van der Waals surface area contributed by atoms with E-state index >= 15 is 0 Å². The van der Waals surface area contributed by atoms with Crippen molar-refractivity contribution in [2.45, 2.75) is 42.6 Å². The van der Waals surface area contributed by atoms with Gasteiger partial charge in [0, 0.05) is 13.1 Å². The van der Waals surface area contributed by atoms with Crippen LogP contribution in [0.25, 0.3) is 0 Å². The molecule has 1 aliphatic heterocycles. The standard InChI is InChI=1S/C21H20F6N2O4S/c22-20(23,24)15-4-1-3-14(11-15)12-19(30)28-33-17-7-9-29(10-8-17)34(31,32)18-6-2-5-16(13-18)21(25,26)27/h1-6,11,13,17H,7-10,12H2,(H,28,30). The summed E-state index contributed by atoms with van der Waals surface area (Å²) in [6, 6.07) is 7.76. The molecule has 2 aromatic rings. The van der Waals surface area contributed by atoms with E-state index in [-0.39, 0.29) is 37.9 Å². The van der Waals surface area contributed by atoms with Crippen LogP contribution in [0.1, 0.15) is 29.5 Å². The number of halogens is 6. The Morgan fingerprint density at radius 3 is 2.09 bits per heavy atom. The molecule has 186 valence electrons. The summed E-state index contributed by atoms with van der Waals surface area (Å²) in [6.45, 7) is -0.0977. The zero-order chi connectivity index (χ0) is 25.1. The van der Waals surface area contributed by atoms with Crippen molar-refractivity contribution in [2.75, 3.05) is 13.1 Å². The third kappa shape index (κ3) is 6.48. The molecular formula is C21H20F6N2O4S. The number of carbonyl (C=O) groups excluding carboxylic acids is 1. The Bertz CT molecular complexity index is 1130. The molecule has 34 heavy (non-hydrogen) atoms. The van der Waals surface area contributed by atoms with Crippen LogP contribution in [0.4, 0.5) is 26.3 Å². The van der Waals surface area contributed by atoms with Gasteiger partial charge in [0.25, 0.3) is 0 Å². The van der Waals surface area contributed by atoms with Crippen molar-refractivity contribution < 1.29 is 44.4 Å². The van der Waals surface area contributed by atoms with Gasteiger partial charge < -0.3 is 0 Å². The molecule has 0 unspecified atom stereocenters. The summed E-state index contributed by atoms with van der Waals surface area (Å²) in [5, 5.41) is 0. The second-order valence-electron chi connectivity index (χ2n) is 7.65. The molecule has 1 N–H and O–H groups in total. The van der Waals surface area contributed by atoms with Crippen LogP contribution in [0, 0.1) is 0 Å². The molecule has 0 aromatic heterocycles. The molecule has 1 aliphatic rings. The van der Waals surface area contributed by atoms with Crippen LogP contribution in [-0.2, 0) is 38.4 Å². The van der Waals surface area contributed by atoms with Gasteiger partial charge in [-0.2, -0.15) is 30.6 Å². The molecule has 13 heteroatoms. The zero-order valence-corrected chi connectivity index (χ0v) is 18.3. The van der Waals surface area contributed by atoms with Crippen molar-refractivity contribution in [1.29, 1.82) is 0 Å². The van der Waals surface area contributed by atoms with Crippen LogP contribution in [0.5, 0.6) is 0 Å². The fraction of sp³-hybridized carbons (Fsp3) is 0.381. The molecule has 1 heterocycles. The minimum Gasteiger partial charge on any atom is -0.272 e. The molecule has 2 aromatic carbocycles. The predicted octanol–water partition coefficient (Wildman–Crippen LogP) is 4.17. The highest BCUT2D eigenvalue weighted by molar-refractivity contribution is 7.89. The average Bonchev–Trinajstić information content (AvgIpc) is 2.77. The van der Waals surface area contributed by atoms with Crippen molar-refractivity contribution >= 4 is 15.9 Å². The van der Waals surface area contributed by atoms with Gasteiger partial charge in [0.15, 0.2) is 0 Å². The van der Waals surface area contributed by atoms with E-state index in [1.165, 1.54) is 12.1 Å². The number of hydroxylamine groups is 1. The second kappa shape index (κ2) is 9.92. The number of alkyl halides is 6. The first kappa shape index (κ1) is 26.0. The quantitative estimate of drug-likeness (QED) is 0.468. The number of hydrogen-bond acceptors (Lipinski definition) is 4. The predicted molar refractivity (Wildman–Crippen MR) is 108 cm³/mol. The highest BCUT2D eigenvalue weighted by Crippen LogP contribution is 2.32. The molecule has 0 aliphatic carbocycles. The lowest BCUT2D eigenvalue weighted by Crippen LogP contribution is -2.43. The van der Waals surface area contributed by atoms with Gasteiger partial charge in [-0.1, -0.05) is 24.3 Å². The van der Waals surface area contributed by atoms with E-state index in [0.29, 0.717) is 6.07 Å². The summed E-state index contributed by atoms with van der Waals surface area (Å²) in [4.78, 5) is 16.8. The van der Waals surface area contributed by atoms with E-state index in [4.69, 9.17) is 4.84 Å². The van der Waals surface area contributed by atoms with Crippen LogP contribution in [0.15, 0.2) is 53.4 Å². The molecule has 0 bridgehead atoms. The Balaban J connectivity index is 1.52. The lowest BCUT2D eigenvalue weighted by molar-refractivity contribution is -0.140. The van der Waals surface area contributed by atoms with E-state index in [0.717, 1.165) is 34.6 Å². The Kier molecular flexibility index (Phi) is 7.58. The number of benzene rings is 2. The molecule has 0 atom stereocenters. The maximum Gasteiger partial charge on any atom is 0.416 e. The lowest BCUT2D eigenvalue weighted by Gasteiger charge is -2.30. The molecule has 1 saturated heterocycles. The third-order valence-electron chi connectivity index (χ3n) is 5.16.